The molecule has 3 rings (SSSR count). The quantitative estimate of drug-likeness (QED) is 0.392. The number of hydrogen-bond acceptors (Lipinski definition) is 6. The number of amides is 1. The normalized spacial score (nSPS) is 11.6. The number of nitrogens with zero attached hydrogens (tertiary/aromatic N) is 2. The minimum absolute atomic E-state index is 0.137. The first-order valence-corrected chi connectivity index (χ1v) is 11.3. The van der Waals surface area contributed by atoms with E-state index in [4.69, 9.17) is 0 Å². The number of nitrogens with one attached hydrogen (secondary N) is 2. The summed E-state index contributed by atoms with van der Waals surface area (Å²) in [7, 11) is 0. The molecule has 0 saturated heterocycles. The second kappa shape index (κ2) is 11.2. The van der Waals surface area contributed by atoms with Crippen molar-refractivity contribution in [2.24, 2.45) is 0 Å². The molecule has 2 N–H and O–H groups in total. The van der Waals surface area contributed by atoms with Crippen LogP contribution in [-0.2, 0) is 22.2 Å². The summed E-state index contributed by atoms with van der Waals surface area (Å²) in [5.41, 5.74) is 3.79. The molecule has 1 amide bonds. The van der Waals surface area contributed by atoms with Gasteiger partial charge in [0.05, 0.1) is 11.1 Å². The Morgan fingerprint density at radius 1 is 0.917 bits per heavy atom. The van der Waals surface area contributed by atoms with Crippen molar-refractivity contribution in [2.75, 3.05) is 5.32 Å². The van der Waals surface area contributed by atoms with E-state index in [-0.39, 0.29) is 17.5 Å². The van der Waals surface area contributed by atoms with E-state index in [2.05, 4.69) is 20.1 Å². The Morgan fingerprint density at radius 3 is 2.00 bits per heavy atom. The van der Waals surface area contributed by atoms with Gasteiger partial charge in [-0.3, -0.25) is 4.79 Å². The maximum Gasteiger partial charge on any atom is 0.416 e. The zero-order valence-electron chi connectivity index (χ0n) is 20.1. The number of alkyl halides is 3. The number of hydrogen-bond donors (Lipinski definition) is 2. The smallest absolute Gasteiger partial charge is 0.349 e. The van der Waals surface area contributed by atoms with Gasteiger partial charge in [0.2, 0.25) is 5.95 Å². The van der Waals surface area contributed by atoms with Crippen LogP contribution in [0.3, 0.4) is 0 Å². The summed E-state index contributed by atoms with van der Waals surface area (Å²) in [5, 5.41) is 3.24. The molecular formula is C26H27F3N4O3. The molecule has 0 atom stereocenters. The topological polar surface area (TPSA) is 93.2 Å². The van der Waals surface area contributed by atoms with Crippen molar-refractivity contribution in [3.8, 4) is 11.1 Å². The number of rotatable bonds is 8. The van der Waals surface area contributed by atoms with Crippen LogP contribution in [0.15, 0.2) is 60.9 Å². The van der Waals surface area contributed by atoms with Crippen LogP contribution in [0.4, 0.5) is 19.1 Å². The number of carbonyl (C=O) groups excluding carboxylic acids is 2. The van der Waals surface area contributed by atoms with Crippen LogP contribution in [0.25, 0.3) is 11.1 Å². The SMILES string of the molecule is CCC(=O)ONC(=O)c1cnc(NC(C)(C)CCc2ccc(-c3ccc(C(F)(F)F)cc3)cc2)nc1. The third kappa shape index (κ3) is 7.53. The highest BCUT2D eigenvalue weighted by molar-refractivity contribution is 5.93. The second-order valence-corrected chi connectivity index (χ2v) is 8.84. The summed E-state index contributed by atoms with van der Waals surface area (Å²) < 4.78 is 38.3. The van der Waals surface area contributed by atoms with Gasteiger partial charge in [-0.05, 0) is 55.5 Å². The number of aromatic nitrogens is 2. The van der Waals surface area contributed by atoms with E-state index in [1.54, 1.807) is 6.92 Å². The number of benzene rings is 2. The fourth-order valence-electron chi connectivity index (χ4n) is 3.28. The highest BCUT2D eigenvalue weighted by Crippen LogP contribution is 2.31. The average Bonchev–Trinajstić information content (AvgIpc) is 2.86. The van der Waals surface area contributed by atoms with Crippen molar-refractivity contribution in [1.29, 1.82) is 0 Å². The molecule has 0 aliphatic rings. The highest BCUT2D eigenvalue weighted by atomic mass is 19.4. The van der Waals surface area contributed by atoms with Gasteiger partial charge in [0.1, 0.15) is 0 Å². The van der Waals surface area contributed by atoms with Crippen molar-refractivity contribution in [3.05, 3.63) is 77.6 Å². The molecule has 0 saturated carbocycles. The first-order valence-electron chi connectivity index (χ1n) is 11.3. The molecule has 10 heteroatoms. The lowest BCUT2D eigenvalue weighted by Crippen LogP contribution is -2.32. The molecule has 0 aliphatic carbocycles. The molecule has 1 aromatic heterocycles. The zero-order chi connectivity index (χ0) is 26.3. The Kier molecular flexibility index (Phi) is 8.29. The third-order valence-electron chi connectivity index (χ3n) is 5.45. The number of anilines is 1. The molecule has 2 aromatic carbocycles. The molecule has 0 radical (unpaired) electrons. The van der Waals surface area contributed by atoms with Crippen LogP contribution in [0.1, 0.15) is 55.1 Å². The third-order valence-corrected chi connectivity index (χ3v) is 5.45. The molecule has 3 aromatic rings. The fraction of sp³-hybridized carbons (Fsp3) is 0.308. The van der Waals surface area contributed by atoms with Gasteiger partial charge in [-0.25, -0.2) is 14.8 Å². The first-order chi connectivity index (χ1) is 17.0. The van der Waals surface area contributed by atoms with E-state index in [0.29, 0.717) is 11.5 Å². The fourth-order valence-corrected chi connectivity index (χ4v) is 3.28. The van der Waals surface area contributed by atoms with Crippen LogP contribution in [0.2, 0.25) is 0 Å². The van der Waals surface area contributed by atoms with E-state index in [1.165, 1.54) is 24.5 Å². The Labute approximate surface area is 207 Å². The predicted molar refractivity (Wildman–Crippen MR) is 129 cm³/mol. The van der Waals surface area contributed by atoms with Crippen molar-refractivity contribution in [2.45, 2.75) is 51.7 Å². The van der Waals surface area contributed by atoms with Crippen molar-refractivity contribution in [3.63, 3.8) is 0 Å². The molecule has 0 spiro atoms. The van der Waals surface area contributed by atoms with E-state index < -0.39 is 23.6 Å². The summed E-state index contributed by atoms with van der Waals surface area (Å²) in [5.74, 6) is -0.833. The molecule has 0 fully saturated rings. The lowest BCUT2D eigenvalue weighted by atomic mass is 9.94. The Hall–Kier alpha value is -3.95. The standard InChI is InChI=1S/C26H27F3N4O3/c1-4-22(34)36-33-23(35)20-15-30-24(31-16-20)32-25(2,3)14-13-17-5-7-18(8-6-17)19-9-11-21(12-10-19)26(27,28)29/h5-12,15-16H,4,13-14H2,1-3H3,(H,33,35)(H,30,31,32). The van der Waals surface area contributed by atoms with Gasteiger partial charge in [0.15, 0.2) is 0 Å². The number of carbonyl (C=O) groups is 2. The van der Waals surface area contributed by atoms with E-state index in [0.717, 1.165) is 36.1 Å². The van der Waals surface area contributed by atoms with E-state index >= 15 is 0 Å². The largest absolute Gasteiger partial charge is 0.416 e. The summed E-state index contributed by atoms with van der Waals surface area (Å²) >= 11 is 0. The number of halogens is 3. The maximum absolute atomic E-state index is 12.8. The van der Waals surface area contributed by atoms with Crippen LogP contribution >= 0.6 is 0 Å². The summed E-state index contributed by atoms with van der Waals surface area (Å²) in [6.45, 7) is 5.60. The summed E-state index contributed by atoms with van der Waals surface area (Å²) in [4.78, 5) is 36.0. The predicted octanol–water partition coefficient (Wildman–Crippen LogP) is 5.58. The van der Waals surface area contributed by atoms with Gasteiger partial charge in [-0.2, -0.15) is 18.7 Å². The Morgan fingerprint density at radius 2 is 1.47 bits per heavy atom. The summed E-state index contributed by atoms with van der Waals surface area (Å²) in [6.07, 6.45) is -0.0590. The minimum atomic E-state index is -4.35. The molecule has 36 heavy (non-hydrogen) atoms. The van der Waals surface area contributed by atoms with Crippen LogP contribution in [0.5, 0.6) is 0 Å². The van der Waals surface area contributed by atoms with Gasteiger partial charge in [0.25, 0.3) is 5.91 Å². The van der Waals surface area contributed by atoms with E-state index in [9.17, 15) is 22.8 Å². The Balaban J connectivity index is 1.53. The lowest BCUT2D eigenvalue weighted by molar-refractivity contribution is -0.148. The second-order valence-electron chi connectivity index (χ2n) is 8.84. The molecule has 7 nitrogen and oxygen atoms in total. The van der Waals surface area contributed by atoms with Crippen LogP contribution < -0.4 is 10.8 Å². The average molecular weight is 501 g/mol. The van der Waals surface area contributed by atoms with Gasteiger partial charge >= 0.3 is 12.1 Å². The number of aryl methyl sites for hydroxylation is 1. The van der Waals surface area contributed by atoms with Crippen molar-refractivity contribution < 1.29 is 27.6 Å². The summed E-state index contributed by atoms with van der Waals surface area (Å²) in [6, 6.07) is 12.8. The van der Waals surface area contributed by atoms with Gasteiger partial charge in [-0.1, -0.05) is 43.3 Å². The molecule has 0 bridgehead atoms. The Bertz CT molecular complexity index is 1180. The lowest BCUT2D eigenvalue weighted by Gasteiger charge is -2.26. The molecule has 1 heterocycles. The molecular weight excluding hydrogens is 473 g/mol. The maximum atomic E-state index is 12.8. The van der Waals surface area contributed by atoms with Crippen LogP contribution in [-0.4, -0.2) is 27.4 Å². The van der Waals surface area contributed by atoms with Gasteiger partial charge in [0, 0.05) is 24.4 Å². The van der Waals surface area contributed by atoms with Gasteiger partial charge < -0.3 is 10.2 Å². The zero-order valence-corrected chi connectivity index (χ0v) is 20.1. The number of hydroxylamine groups is 1. The van der Waals surface area contributed by atoms with E-state index in [1.807, 2.05) is 43.6 Å². The highest BCUT2D eigenvalue weighted by Gasteiger charge is 2.30. The monoisotopic (exact) mass is 500 g/mol. The molecule has 0 aliphatic heterocycles. The van der Waals surface area contributed by atoms with Gasteiger partial charge in [-0.15, -0.1) is 0 Å². The first kappa shape index (κ1) is 26.7. The van der Waals surface area contributed by atoms with Crippen molar-refractivity contribution >= 4 is 17.8 Å². The molecule has 190 valence electrons. The van der Waals surface area contributed by atoms with Crippen molar-refractivity contribution in [1.82, 2.24) is 15.4 Å². The van der Waals surface area contributed by atoms with Crippen LogP contribution in [0, 0.1) is 0 Å². The minimum Gasteiger partial charge on any atom is -0.349 e. The molecule has 0 unspecified atom stereocenters.